The first-order chi connectivity index (χ1) is 11.0. The van der Waals surface area contributed by atoms with Gasteiger partial charge >= 0.3 is 0 Å². The van der Waals surface area contributed by atoms with Crippen LogP contribution in [0.1, 0.15) is 18.1 Å². The highest BCUT2D eigenvalue weighted by Crippen LogP contribution is 2.22. The quantitative estimate of drug-likeness (QED) is 0.877. The number of rotatable bonds is 3. The minimum atomic E-state index is -0.138. The summed E-state index contributed by atoms with van der Waals surface area (Å²) in [5.41, 5.74) is 3.36. The van der Waals surface area contributed by atoms with E-state index in [2.05, 4.69) is 29.6 Å². The third kappa shape index (κ3) is 3.86. The zero-order valence-corrected chi connectivity index (χ0v) is 14.4. The molecule has 1 unspecified atom stereocenters. The molecule has 1 aliphatic rings. The van der Waals surface area contributed by atoms with Crippen LogP contribution in [-0.2, 0) is 17.8 Å². The number of anilines is 1. The molecule has 2 aromatic rings. The van der Waals surface area contributed by atoms with Crippen molar-refractivity contribution in [3.05, 3.63) is 63.6 Å². The van der Waals surface area contributed by atoms with E-state index in [0.29, 0.717) is 15.7 Å². The Bertz CT molecular complexity index is 712. The van der Waals surface area contributed by atoms with Gasteiger partial charge in [0.25, 0.3) is 5.91 Å². The molecular weight excluding hydrogens is 331 g/mol. The standard InChI is InChI=1S/C18H18Cl2N2O/c1-12(18(23)21-17-9-15(19)8-16(20)10-17)22-7-6-13-4-2-3-5-14(13)11-22/h2-5,8-10,12H,6-7,11H2,1H3,(H,21,23)/p+1/t12-/m0/s1. The molecule has 2 N–H and O–H groups in total. The molecule has 1 amide bonds. The lowest BCUT2D eigenvalue weighted by molar-refractivity contribution is -0.929. The van der Waals surface area contributed by atoms with Crippen LogP contribution in [0.25, 0.3) is 0 Å². The van der Waals surface area contributed by atoms with E-state index in [9.17, 15) is 4.79 Å². The summed E-state index contributed by atoms with van der Waals surface area (Å²) in [5.74, 6) is -0.0160. The van der Waals surface area contributed by atoms with Crippen LogP contribution in [0.15, 0.2) is 42.5 Å². The number of hydrogen-bond acceptors (Lipinski definition) is 1. The first-order valence-corrected chi connectivity index (χ1v) is 8.47. The molecular formula is C18H19Cl2N2O+. The third-order valence-electron chi connectivity index (χ3n) is 4.39. The maximum atomic E-state index is 12.5. The van der Waals surface area contributed by atoms with Crippen molar-refractivity contribution in [3.8, 4) is 0 Å². The van der Waals surface area contributed by atoms with Crippen LogP contribution in [0, 0.1) is 0 Å². The Morgan fingerprint density at radius 1 is 1.13 bits per heavy atom. The number of halogens is 2. The van der Waals surface area contributed by atoms with Crippen LogP contribution in [0.3, 0.4) is 0 Å². The van der Waals surface area contributed by atoms with Crippen LogP contribution < -0.4 is 10.2 Å². The minimum absolute atomic E-state index is 0.0160. The van der Waals surface area contributed by atoms with Crippen LogP contribution in [0.5, 0.6) is 0 Å². The molecule has 1 heterocycles. The van der Waals surface area contributed by atoms with E-state index >= 15 is 0 Å². The van der Waals surface area contributed by atoms with Crippen LogP contribution in [-0.4, -0.2) is 18.5 Å². The normalized spacial score (nSPS) is 18.1. The summed E-state index contributed by atoms with van der Waals surface area (Å²) in [5, 5.41) is 3.94. The van der Waals surface area contributed by atoms with Crippen molar-refractivity contribution in [2.24, 2.45) is 0 Å². The molecule has 0 spiro atoms. The van der Waals surface area contributed by atoms with Gasteiger partial charge in [0, 0.05) is 27.7 Å². The molecule has 0 bridgehead atoms. The van der Waals surface area contributed by atoms with Crippen LogP contribution in [0.4, 0.5) is 5.69 Å². The SMILES string of the molecule is C[C@@H](C(=O)Nc1cc(Cl)cc(Cl)c1)[NH+]1CCc2ccccc2C1. The predicted molar refractivity (Wildman–Crippen MR) is 94.2 cm³/mol. The number of hydrogen-bond donors (Lipinski definition) is 2. The summed E-state index contributed by atoms with van der Waals surface area (Å²) in [7, 11) is 0. The van der Waals surface area contributed by atoms with E-state index in [1.807, 2.05) is 6.92 Å². The fourth-order valence-corrected chi connectivity index (χ4v) is 3.56. The molecule has 120 valence electrons. The second kappa shape index (κ2) is 6.91. The first-order valence-electron chi connectivity index (χ1n) is 7.71. The van der Waals surface area contributed by atoms with E-state index in [1.54, 1.807) is 18.2 Å². The van der Waals surface area contributed by atoms with Crippen molar-refractivity contribution >= 4 is 34.8 Å². The van der Waals surface area contributed by atoms with Gasteiger partial charge in [0.2, 0.25) is 0 Å². The monoisotopic (exact) mass is 349 g/mol. The second-order valence-electron chi connectivity index (χ2n) is 5.97. The Balaban J connectivity index is 1.68. The van der Waals surface area contributed by atoms with Gasteiger partial charge in [-0.1, -0.05) is 47.5 Å². The highest BCUT2D eigenvalue weighted by atomic mass is 35.5. The number of nitrogens with one attached hydrogen (secondary N) is 2. The largest absolute Gasteiger partial charge is 0.321 e. The summed E-state index contributed by atoms with van der Waals surface area (Å²) in [6.07, 6.45) is 1.01. The van der Waals surface area contributed by atoms with Crippen LogP contribution in [0.2, 0.25) is 10.0 Å². The number of amides is 1. The Labute approximate surface area is 146 Å². The van der Waals surface area contributed by atoms with Gasteiger partial charge in [-0.15, -0.1) is 0 Å². The first kappa shape index (κ1) is 16.3. The molecule has 0 radical (unpaired) electrons. The molecule has 23 heavy (non-hydrogen) atoms. The van der Waals surface area contributed by atoms with Crippen LogP contribution >= 0.6 is 23.2 Å². The maximum Gasteiger partial charge on any atom is 0.282 e. The zero-order chi connectivity index (χ0) is 16.4. The van der Waals surface area contributed by atoms with Crippen molar-refractivity contribution in [3.63, 3.8) is 0 Å². The van der Waals surface area contributed by atoms with Gasteiger partial charge in [0.05, 0.1) is 6.54 Å². The average Bonchev–Trinajstić information content (AvgIpc) is 2.52. The number of fused-ring (bicyclic) bond motifs is 1. The van der Waals surface area contributed by atoms with Crippen molar-refractivity contribution in [2.45, 2.75) is 25.9 Å². The summed E-state index contributed by atoms with van der Waals surface area (Å²) in [6, 6.07) is 13.4. The van der Waals surface area contributed by atoms with Gasteiger partial charge in [-0.05, 0) is 30.7 Å². The summed E-state index contributed by atoms with van der Waals surface area (Å²) >= 11 is 12.0. The van der Waals surface area contributed by atoms with E-state index in [-0.39, 0.29) is 11.9 Å². The molecule has 2 atom stereocenters. The predicted octanol–water partition coefficient (Wildman–Crippen LogP) is 2.96. The fourth-order valence-electron chi connectivity index (χ4n) is 3.03. The number of benzene rings is 2. The minimum Gasteiger partial charge on any atom is -0.321 e. The van der Waals surface area contributed by atoms with Crippen molar-refractivity contribution in [1.82, 2.24) is 0 Å². The Hall–Kier alpha value is -1.55. The summed E-state index contributed by atoms with van der Waals surface area (Å²) in [4.78, 5) is 13.8. The van der Waals surface area contributed by atoms with E-state index in [4.69, 9.17) is 23.2 Å². The van der Waals surface area contributed by atoms with Gasteiger partial charge in [-0.25, -0.2) is 0 Å². The average molecular weight is 350 g/mol. The molecule has 3 rings (SSSR count). The second-order valence-corrected chi connectivity index (χ2v) is 6.85. The number of carbonyl (C=O) groups is 1. The molecule has 0 saturated carbocycles. The Morgan fingerprint density at radius 2 is 1.78 bits per heavy atom. The molecule has 0 aromatic heterocycles. The Kier molecular flexibility index (Phi) is 4.90. The lowest BCUT2D eigenvalue weighted by Crippen LogP contribution is -3.16. The van der Waals surface area contributed by atoms with Gasteiger partial charge in [-0.3, -0.25) is 4.79 Å². The molecule has 0 fully saturated rings. The summed E-state index contributed by atoms with van der Waals surface area (Å²) < 4.78 is 0. The van der Waals surface area contributed by atoms with Gasteiger partial charge in [0.15, 0.2) is 6.04 Å². The highest BCUT2D eigenvalue weighted by molar-refractivity contribution is 6.35. The van der Waals surface area contributed by atoms with E-state index in [0.717, 1.165) is 19.5 Å². The van der Waals surface area contributed by atoms with Crippen molar-refractivity contribution in [1.29, 1.82) is 0 Å². The van der Waals surface area contributed by atoms with Gasteiger partial charge < -0.3 is 10.2 Å². The molecule has 2 aromatic carbocycles. The lowest BCUT2D eigenvalue weighted by atomic mass is 9.99. The van der Waals surface area contributed by atoms with Gasteiger partial charge in [0.1, 0.15) is 6.54 Å². The topological polar surface area (TPSA) is 33.5 Å². The van der Waals surface area contributed by atoms with E-state index in [1.165, 1.54) is 16.0 Å². The number of quaternary nitrogens is 1. The molecule has 1 aliphatic heterocycles. The fraction of sp³-hybridized carbons (Fsp3) is 0.278. The molecule has 0 aliphatic carbocycles. The number of carbonyl (C=O) groups excluding carboxylic acids is 1. The van der Waals surface area contributed by atoms with Gasteiger partial charge in [-0.2, -0.15) is 0 Å². The highest BCUT2D eigenvalue weighted by Gasteiger charge is 2.28. The Morgan fingerprint density at radius 3 is 2.48 bits per heavy atom. The zero-order valence-electron chi connectivity index (χ0n) is 12.9. The third-order valence-corrected chi connectivity index (χ3v) is 4.82. The molecule has 5 heteroatoms. The summed E-state index contributed by atoms with van der Waals surface area (Å²) in [6.45, 7) is 3.80. The van der Waals surface area contributed by atoms with E-state index < -0.39 is 0 Å². The molecule has 3 nitrogen and oxygen atoms in total. The smallest absolute Gasteiger partial charge is 0.282 e. The maximum absolute atomic E-state index is 12.5. The lowest BCUT2D eigenvalue weighted by Gasteiger charge is -2.30. The van der Waals surface area contributed by atoms with Crippen molar-refractivity contribution in [2.75, 3.05) is 11.9 Å². The molecule has 0 saturated heterocycles. The van der Waals surface area contributed by atoms with Crippen molar-refractivity contribution < 1.29 is 9.69 Å².